The molecule has 3 N–H and O–H groups in total. The molecule has 1 atom stereocenters. The third-order valence-electron chi connectivity index (χ3n) is 5.45. The largest absolute Gasteiger partial charge is 0.480 e. The van der Waals surface area contributed by atoms with Gasteiger partial charge in [-0.1, -0.05) is 48.2 Å². The molecule has 10 heteroatoms. The van der Waals surface area contributed by atoms with Gasteiger partial charge in [0.25, 0.3) is 0 Å². The number of amides is 1. The molecule has 0 bridgehead atoms. The maximum Gasteiger partial charge on any atom is 0.326 e. The monoisotopic (exact) mass is 487 g/mol. The summed E-state index contributed by atoms with van der Waals surface area (Å²) in [5.41, 5.74) is 2.56. The molecule has 0 saturated carbocycles. The summed E-state index contributed by atoms with van der Waals surface area (Å²) >= 11 is 1.17. The summed E-state index contributed by atoms with van der Waals surface area (Å²) in [5.74, 6) is -0.486. The lowest BCUT2D eigenvalue weighted by molar-refractivity contribution is -0.141. The molecule has 0 spiro atoms. The van der Waals surface area contributed by atoms with Gasteiger partial charge in [-0.25, -0.2) is 4.79 Å². The Morgan fingerprint density at radius 2 is 1.86 bits per heavy atom. The third kappa shape index (κ3) is 4.82. The topological polar surface area (TPSA) is 126 Å². The zero-order valence-corrected chi connectivity index (χ0v) is 19.2. The van der Waals surface area contributed by atoms with Gasteiger partial charge in [0, 0.05) is 29.2 Å². The molecule has 2 aromatic carbocycles. The van der Waals surface area contributed by atoms with E-state index in [4.69, 9.17) is 4.42 Å². The second-order valence-electron chi connectivity index (χ2n) is 7.77. The summed E-state index contributed by atoms with van der Waals surface area (Å²) in [6.45, 7) is 0. The van der Waals surface area contributed by atoms with Crippen LogP contribution in [0.4, 0.5) is 0 Å². The van der Waals surface area contributed by atoms with Gasteiger partial charge in [0.1, 0.15) is 6.04 Å². The number of para-hydroxylation sites is 2. The Kier molecular flexibility index (Phi) is 6.36. The average Bonchev–Trinajstić information content (AvgIpc) is 3.63. The number of nitrogens with zero attached hydrogens (tertiary/aromatic N) is 3. The molecular formula is C25H21N5O4S. The summed E-state index contributed by atoms with van der Waals surface area (Å²) in [4.78, 5) is 27.7. The van der Waals surface area contributed by atoms with Crippen molar-refractivity contribution < 1.29 is 19.1 Å². The maximum atomic E-state index is 12.7. The van der Waals surface area contributed by atoms with E-state index in [0.29, 0.717) is 16.7 Å². The lowest BCUT2D eigenvalue weighted by Crippen LogP contribution is -2.43. The highest BCUT2D eigenvalue weighted by molar-refractivity contribution is 7.99. The number of hydrogen-bond acceptors (Lipinski definition) is 6. The van der Waals surface area contributed by atoms with Crippen LogP contribution < -0.4 is 5.32 Å². The summed E-state index contributed by atoms with van der Waals surface area (Å²) in [6, 6.07) is 19.6. The molecule has 0 aliphatic carbocycles. The van der Waals surface area contributed by atoms with Crippen molar-refractivity contribution in [2.45, 2.75) is 17.6 Å². The second kappa shape index (κ2) is 9.90. The number of H-pyrrole nitrogens is 1. The van der Waals surface area contributed by atoms with Crippen molar-refractivity contribution in [3.8, 4) is 17.3 Å². The van der Waals surface area contributed by atoms with Gasteiger partial charge in [0.2, 0.25) is 11.7 Å². The number of thioether (sulfide) groups is 1. The Morgan fingerprint density at radius 3 is 2.63 bits per heavy atom. The number of hydrogen-bond donors (Lipinski definition) is 3. The lowest BCUT2D eigenvalue weighted by atomic mass is 10.1. The van der Waals surface area contributed by atoms with Gasteiger partial charge in [-0.3, -0.25) is 9.36 Å². The molecule has 0 fully saturated rings. The number of carbonyl (C=O) groups excluding carboxylic acids is 1. The first-order valence-electron chi connectivity index (χ1n) is 10.8. The highest BCUT2D eigenvalue weighted by atomic mass is 32.2. The summed E-state index contributed by atoms with van der Waals surface area (Å²) in [7, 11) is 0. The highest BCUT2D eigenvalue weighted by Gasteiger charge is 2.23. The number of carboxylic acids is 1. The molecule has 0 saturated heterocycles. The minimum absolute atomic E-state index is 0.0270. The number of furan rings is 1. The van der Waals surface area contributed by atoms with Gasteiger partial charge in [-0.05, 0) is 35.9 Å². The number of carbonyl (C=O) groups is 2. The number of nitrogens with one attached hydrogen (secondary N) is 2. The number of fused-ring (bicyclic) bond motifs is 1. The standard InChI is InChI=1S/C25H21N5O4S/c31-22(27-20(24(32)33)13-16-14-26-19-10-5-4-9-18(16)19)15-35-25-29-28-23(21-11-6-12-34-21)30(25)17-7-2-1-3-8-17/h1-12,14,20,26H,13,15H2,(H,27,31)(H,32,33)/t20-/m1/s1. The van der Waals surface area contributed by atoms with Crippen LogP contribution in [0.1, 0.15) is 5.56 Å². The quantitative estimate of drug-likeness (QED) is 0.269. The predicted octanol–water partition coefficient (Wildman–Crippen LogP) is 3.91. The Labute approximate surface area is 204 Å². The molecule has 176 valence electrons. The number of rotatable bonds is 9. The first-order chi connectivity index (χ1) is 17.1. The Morgan fingerprint density at radius 1 is 1.06 bits per heavy atom. The third-order valence-corrected chi connectivity index (χ3v) is 6.38. The van der Waals surface area contributed by atoms with Crippen LogP contribution in [-0.4, -0.2) is 48.5 Å². The Hall–Kier alpha value is -4.31. The minimum atomic E-state index is -1.10. The SMILES string of the molecule is O=C(CSc1nnc(-c2ccco2)n1-c1ccccc1)N[C@H](Cc1c[nH]c2ccccc12)C(=O)O. The molecule has 1 amide bonds. The Balaban J connectivity index is 1.31. The number of aromatic nitrogens is 4. The van der Waals surface area contributed by atoms with Crippen LogP contribution >= 0.6 is 11.8 Å². The van der Waals surface area contributed by atoms with E-state index in [1.807, 2.05) is 54.6 Å². The lowest BCUT2D eigenvalue weighted by Gasteiger charge is -2.14. The minimum Gasteiger partial charge on any atom is -0.480 e. The van der Waals surface area contributed by atoms with Gasteiger partial charge >= 0.3 is 5.97 Å². The van der Waals surface area contributed by atoms with Gasteiger partial charge in [0.15, 0.2) is 10.9 Å². The molecule has 0 aliphatic heterocycles. The fourth-order valence-electron chi connectivity index (χ4n) is 3.83. The van der Waals surface area contributed by atoms with Crippen LogP contribution in [0.2, 0.25) is 0 Å². The van der Waals surface area contributed by atoms with Crippen molar-refractivity contribution in [3.05, 3.63) is 84.8 Å². The number of benzene rings is 2. The molecule has 9 nitrogen and oxygen atoms in total. The number of aliphatic carboxylic acids is 1. The molecule has 0 unspecified atom stereocenters. The second-order valence-corrected chi connectivity index (χ2v) is 8.71. The van der Waals surface area contributed by atoms with E-state index in [9.17, 15) is 14.7 Å². The van der Waals surface area contributed by atoms with E-state index < -0.39 is 17.9 Å². The molecule has 3 heterocycles. The fourth-order valence-corrected chi connectivity index (χ4v) is 4.59. The van der Waals surface area contributed by atoms with Crippen molar-refractivity contribution in [1.29, 1.82) is 0 Å². The molecular weight excluding hydrogens is 466 g/mol. The molecule has 35 heavy (non-hydrogen) atoms. The van der Waals surface area contributed by atoms with Crippen LogP contribution in [0.25, 0.3) is 28.2 Å². The summed E-state index contributed by atoms with van der Waals surface area (Å²) < 4.78 is 7.30. The van der Waals surface area contributed by atoms with E-state index in [1.165, 1.54) is 11.8 Å². The van der Waals surface area contributed by atoms with Crippen LogP contribution in [0.15, 0.2) is 88.8 Å². The molecule has 5 aromatic rings. The summed E-state index contributed by atoms with van der Waals surface area (Å²) in [6.07, 6.45) is 3.50. The normalized spacial score (nSPS) is 12.0. The Bertz CT molecular complexity index is 1460. The number of carboxylic acid groups (broad SMARTS) is 1. The van der Waals surface area contributed by atoms with Crippen molar-refractivity contribution in [3.63, 3.8) is 0 Å². The van der Waals surface area contributed by atoms with Crippen LogP contribution in [-0.2, 0) is 16.0 Å². The van der Waals surface area contributed by atoms with Crippen LogP contribution in [0.3, 0.4) is 0 Å². The predicted molar refractivity (Wildman–Crippen MR) is 131 cm³/mol. The van der Waals surface area contributed by atoms with E-state index in [1.54, 1.807) is 29.2 Å². The molecule has 0 radical (unpaired) electrons. The van der Waals surface area contributed by atoms with E-state index in [0.717, 1.165) is 22.2 Å². The molecule has 5 rings (SSSR count). The smallest absolute Gasteiger partial charge is 0.326 e. The first-order valence-corrected chi connectivity index (χ1v) is 11.8. The van der Waals surface area contributed by atoms with Gasteiger partial charge in [0.05, 0.1) is 12.0 Å². The van der Waals surface area contributed by atoms with Crippen molar-refractivity contribution in [2.75, 3.05) is 5.75 Å². The van der Waals surface area contributed by atoms with Gasteiger partial charge in [-0.15, -0.1) is 10.2 Å². The molecule has 3 aromatic heterocycles. The van der Waals surface area contributed by atoms with Crippen LogP contribution in [0.5, 0.6) is 0 Å². The van der Waals surface area contributed by atoms with Gasteiger partial charge in [-0.2, -0.15) is 0 Å². The maximum absolute atomic E-state index is 12.7. The first kappa shape index (κ1) is 22.5. The fraction of sp³-hybridized carbons (Fsp3) is 0.120. The van der Waals surface area contributed by atoms with Crippen molar-refractivity contribution >= 4 is 34.5 Å². The van der Waals surface area contributed by atoms with Crippen molar-refractivity contribution in [1.82, 2.24) is 25.1 Å². The zero-order valence-electron chi connectivity index (χ0n) is 18.4. The average molecular weight is 488 g/mol. The summed E-state index contributed by atoms with van der Waals surface area (Å²) in [5, 5.41) is 22.3. The van der Waals surface area contributed by atoms with Gasteiger partial charge < -0.3 is 19.8 Å². The molecule has 0 aliphatic rings. The van der Waals surface area contributed by atoms with Crippen molar-refractivity contribution in [2.24, 2.45) is 0 Å². The van der Waals surface area contributed by atoms with E-state index in [-0.39, 0.29) is 12.2 Å². The highest BCUT2D eigenvalue weighted by Crippen LogP contribution is 2.28. The van der Waals surface area contributed by atoms with Crippen LogP contribution in [0, 0.1) is 0 Å². The zero-order chi connectivity index (χ0) is 24.2. The van der Waals surface area contributed by atoms with E-state index in [2.05, 4.69) is 20.5 Å². The number of aromatic amines is 1. The van der Waals surface area contributed by atoms with E-state index >= 15 is 0 Å².